The van der Waals surface area contributed by atoms with Gasteiger partial charge in [-0.2, -0.15) is 0 Å². The number of benzene rings is 2. The van der Waals surface area contributed by atoms with E-state index in [9.17, 15) is 14.0 Å². The maximum absolute atomic E-state index is 13.1. The molecule has 6 nitrogen and oxygen atoms in total. The van der Waals surface area contributed by atoms with Gasteiger partial charge in [0.05, 0.1) is 5.69 Å². The second kappa shape index (κ2) is 10.0. The smallest absolute Gasteiger partial charge is 0.253 e. The zero-order valence-electron chi connectivity index (χ0n) is 17.5. The molecule has 7 heteroatoms. The van der Waals surface area contributed by atoms with E-state index in [2.05, 4.69) is 10.3 Å². The standard InChI is InChI=1S/C25H24FN3O3/c26-20-9-7-19(8-10-20)25(31)29-14-11-18(12-15-29)24(30)28-21-5-3-6-23(16-21)32-17-22-4-1-2-13-27-22/h1-10,13,16,18H,11-12,14-15,17H2,(H,28,30). The Morgan fingerprint density at radius 1 is 1.03 bits per heavy atom. The molecule has 0 spiro atoms. The first-order chi connectivity index (χ1) is 15.6. The number of aromatic nitrogens is 1. The lowest BCUT2D eigenvalue weighted by molar-refractivity contribution is -0.121. The highest BCUT2D eigenvalue weighted by Crippen LogP contribution is 2.23. The van der Waals surface area contributed by atoms with Gasteiger partial charge in [0.2, 0.25) is 5.91 Å². The van der Waals surface area contributed by atoms with E-state index in [-0.39, 0.29) is 23.5 Å². The third kappa shape index (κ3) is 5.49. The van der Waals surface area contributed by atoms with Crippen LogP contribution in [-0.2, 0) is 11.4 Å². The highest BCUT2D eigenvalue weighted by molar-refractivity contribution is 5.95. The largest absolute Gasteiger partial charge is 0.487 e. The molecule has 32 heavy (non-hydrogen) atoms. The average molecular weight is 433 g/mol. The summed E-state index contributed by atoms with van der Waals surface area (Å²) in [5.74, 6) is -0.107. The summed E-state index contributed by atoms with van der Waals surface area (Å²) >= 11 is 0. The molecule has 2 heterocycles. The molecular weight excluding hydrogens is 409 g/mol. The summed E-state index contributed by atoms with van der Waals surface area (Å²) in [4.78, 5) is 31.2. The number of anilines is 1. The van der Waals surface area contributed by atoms with Crippen LogP contribution in [-0.4, -0.2) is 34.8 Å². The number of carbonyl (C=O) groups excluding carboxylic acids is 2. The minimum atomic E-state index is -0.372. The topological polar surface area (TPSA) is 71.5 Å². The molecule has 0 saturated carbocycles. The molecule has 2 aromatic carbocycles. The molecule has 1 saturated heterocycles. The van der Waals surface area contributed by atoms with Crippen molar-refractivity contribution in [2.45, 2.75) is 19.4 Å². The SMILES string of the molecule is O=C(Nc1cccc(OCc2ccccn2)c1)C1CCN(C(=O)c2ccc(F)cc2)CC1. The lowest BCUT2D eigenvalue weighted by atomic mass is 9.95. The summed E-state index contributed by atoms with van der Waals surface area (Å²) in [5.41, 5.74) is 1.94. The van der Waals surface area contributed by atoms with E-state index in [1.54, 1.807) is 17.2 Å². The van der Waals surface area contributed by atoms with Crippen molar-refractivity contribution in [1.82, 2.24) is 9.88 Å². The van der Waals surface area contributed by atoms with Crippen LogP contribution in [0.5, 0.6) is 5.75 Å². The van der Waals surface area contributed by atoms with Gasteiger partial charge in [0.25, 0.3) is 5.91 Å². The van der Waals surface area contributed by atoms with Crippen LogP contribution in [0.1, 0.15) is 28.9 Å². The van der Waals surface area contributed by atoms with Gasteiger partial charge in [-0.25, -0.2) is 4.39 Å². The van der Waals surface area contributed by atoms with E-state index < -0.39 is 0 Å². The van der Waals surface area contributed by atoms with Gasteiger partial charge in [-0.15, -0.1) is 0 Å². The third-order valence-corrected chi connectivity index (χ3v) is 5.46. The number of pyridine rings is 1. The average Bonchev–Trinajstić information content (AvgIpc) is 2.84. The third-order valence-electron chi connectivity index (χ3n) is 5.46. The molecule has 4 rings (SSSR count). The van der Waals surface area contributed by atoms with Crippen molar-refractivity contribution in [3.63, 3.8) is 0 Å². The van der Waals surface area contributed by atoms with Crippen LogP contribution in [0.3, 0.4) is 0 Å². The Hall–Kier alpha value is -3.74. The Morgan fingerprint density at radius 3 is 2.53 bits per heavy atom. The maximum Gasteiger partial charge on any atom is 0.253 e. The van der Waals surface area contributed by atoms with Gasteiger partial charge >= 0.3 is 0 Å². The summed E-state index contributed by atoms with van der Waals surface area (Å²) in [7, 11) is 0. The molecule has 0 atom stereocenters. The number of ether oxygens (including phenoxy) is 1. The molecule has 0 aliphatic carbocycles. The van der Waals surface area contributed by atoms with Crippen LogP contribution in [0.25, 0.3) is 0 Å². The molecule has 1 aliphatic rings. The number of likely N-dealkylation sites (tertiary alicyclic amines) is 1. The van der Waals surface area contributed by atoms with Crippen LogP contribution in [0, 0.1) is 11.7 Å². The van der Waals surface area contributed by atoms with Gasteiger partial charge in [-0.05, 0) is 61.4 Å². The van der Waals surface area contributed by atoms with Crippen molar-refractivity contribution in [3.8, 4) is 5.75 Å². The molecular formula is C25H24FN3O3. The first-order valence-electron chi connectivity index (χ1n) is 10.6. The molecule has 1 aromatic heterocycles. The van der Waals surface area contributed by atoms with Crippen molar-refractivity contribution in [1.29, 1.82) is 0 Å². The van der Waals surface area contributed by atoms with E-state index in [0.717, 1.165) is 5.69 Å². The number of piperidine rings is 1. The Labute approximate surface area is 186 Å². The number of hydrogen-bond acceptors (Lipinski definition) is 4. The van der Waals surface area contributed by atoms with Crippen molar-refractivity contribution in [2.24, 2.45) is 5.92 Å². The second-order valence-corrected chi connectivity index (χ2v) is 7.70. The highest BCUT2D eigenvalue weighted by atomic mass is 19.1. The predicted octanol–water partition coefficient (Wildman–Crippen LogP) is 4.29. The number of hydrogen-bond donors (Lipinski definition) is 1. The number of carbonyl (C=O) groups is 2. The van der Waals surface area contributed by atoms with Gasteiger partial charge in [0.15, 0.2) is 0 Å². The molecule has 0 radical (unpaired) electrons. The first-order valence-corrected chi connectivity index (χ1v) is 10.6. The van der Waals surface area contributed by atoms with Crippen LogP contribution in [0.4, 0.5) is 10.1 Å². The fraction of sp³-hybridized carbons (Fsp3) is 0.240. The van der Waals surface area contributed by atoms with E-state index in [4.69, 9.17) is 4.74 Å². The number of nitrogens with zero attached hydrogens (tertiary/aromatic N) is 2. The fourth-order valence-electron chi connectivity index (χ4n) is 3.67. The Morgan fingerprint density at radius 2 is 1.81 bits per heavy atom. The first kappa shape index (κ1) is 21.5. The van der Waals surface area contributed by atoms with Crippen molar-refractivity contribution < 1.29 is 18.7 Å². The quantitative estimate of drug-likeness (QED) is 0.630. The van der Waals surface area contributed by atoms with Crippen LogP contribution in [0.2, 0.25) is 0 Å². The summed E-state index contributed by atoms with van der Waals surface area (Å²) < 4.78 is 18.8. The van der Waals surface area contributed by atoms with Gasteiger partial charge in [-0.1, -0.05) is 12.1 Å². The van der Waals surface area contributed by atoms with Crippen LogP contribution >= 0.6 is 0 Å². The summed E-state index contributed by atoms with van der Waals surface area (Å²) in [6.07, 6.45) is 2.87. The van der Waals surface area contributed by atoms with E-state index in [1.807, 2.05) is 36.4 Å². The molecule has 1 N–H and O–H groups in total. The van der Waals surface area contributed by atoms with E-state index in [1.165, 1.54) is 24.3 Å². The molecule has 0 bridgehead atoms. The Bertz CT molecular complexity index is 1070. The van der Waals surface area contributed by atoms with Crippen LogP contribution in [0.15, 0.2) is 72.9 Å². The summed E-state index contributed by atoms with van der Waals surface area (Å²) in [6.45, 7) is 1.32. The lowest BCUT2D eigenvalue weighted by Gasteiger charge is -2.31. The van der Waals surface area contributed by atoms with Gasteiger partial charge < -0.3 is 15.0 Å². The molecule has 164 valence electrons. The maximum atomic E-state index is 13.1. The Kier molecular flexibility index (Phi) is 6.75. The van der Waals surface area contributed by atoms with Gasteiger partial charge in [-0.3, -0.25) is 14.6 Å². The van der Waals surface area contributed by atoms with Gasteiger partial charge in [0.1, 0.15) is 18.2 Å². The molecule has 2 amide bonds. The lowest BCUT2D eigenvalue weighted by Crippen LogP contribution is -2.41. The zero-order chi connectivity index (χ0) is 22.3. The second-order valence-electron chi connectivity index (χ2n) is 7.70. The minimum Gasteiger partial charge on any atom is -0.487 e. The summed E-state index contributed by atoms with van der Waals surface area (Å²) in [6, 6.07) is 18.4. The van der Waals surface area contributed by atoms with Gasteiger partial charge in [0, 0.05) is 42.5 Å². The number of nitrogens with one attached hydrogen (secondary N) is 1. The van der Waals surface area contributed by atoms with Crippen molar-refractivity contribution >= 4 is 17.5 Å². The Balaban J connectivity index is 1.28. The molecule has 1 fully saturated rings. The number of rotatable bonds is 6. The van der Waals surface area contributed by atoms with E-state index in [0.29, 0.717) is 49.5 Å². The predicted molar refractivity (Wildman–Crippen MR) is 119 cm³/mol. The molecule has 1 aliphatic heterocycles. The normalized spacial score (nSPS) is 14.1. The highest BCUT2D eigenvalue weighted by Gasteiger charge is 2.28. The number of halogens is 1. The zero-order valence-corrected chi connectivity index (χ0v) is 17.5. The van der Waals surface area contributed by atoms with Crippen LogP contribution < -0.4 is 10.1 Å². The van der Waals surface area contributed by atoms with Crippen molar-refractivity contribution in [3.05, 3.63) is 90.0 Å². The molecule has 3 aromatic rings. The minimum absolute atomic E-state index is 0.0687. The number of amides is 2. The fourth-order valence-corrected chi connectivity index (χ4v) is 3.67. The molecule has 0 unspecified atom stereocenters. The monoisotopic (exact) mass is 433 g/mol. The van der Waals surface area contributed by atoms with Crippen molar-refractivity contribution in [2.75, 3.05) is 18.4 Å². The summed E-state index contributed by atoms with van der Waals surface area (Å²) in [5, 5.41) is 2.95. The van der Waals surface area contributed by atoms with E-state index >= 15 is 0 Å².